The van der Waals surface area contributed by atoms with Crippen molar-refractivity contribution in [3.05, 3.63) is 71.9 Å². The van der Waals surface area contributed by atoms with E-state index >= 15 is 0 Å². The van der Waals surface area contributed by atoms with Gasteiger partial charge >= 0.3 is 12.1 Å². The van der Waals surface area contributed by atoms with E-state index in [-0.39, 0.29) is 18.0 Å². The number of carbonyl (C=O) groups excluding carboxylic acids is 2. The highest BCUT2D eigenvalue weighted by Gasteiger charge is 2.49. The van der Waals surface area contributed by atoms with Crippen LogP contribution in [0.5, 0.6) is 0 Å². The van der Waals surface area contributed by atoms with E-state index in [2.05, 4.69) is 5.32 Å². The van der Waals surface area contributed by atoms with Gasteiger partial charge in [0.2, 0.25) is 0 Å². The molecule has 0 aromatic heterocycles. The number of hydrogen-bond acceptors (Lipinski definition) is 4. The summed E-state index contributed by atoms with van der Waals surface area (Å²) >= 11 is 0. The average Bonchev–Trinajstić information content (AvgIpc) is 2.93. The molecule has 0 bridgehead atoms. The van der Waals surface area contributed by atoms with Gasteiger partial charge in [0.05, 0.1) is 12.2 Å². The second-order valence-electron chi connectivity index (χ2n) is 6.61. The number of hydrogen-bond donors (Lipinski definition) is 1. The molecular formula is C21H19F3N2O3. The lowest BCUT2D eigenvalue weighted by atomic mass is 10.0. The molecule has 0 fully saturated rings. The van der Waals surface area contributed by atoms with Gasteiger partial charge in [-0.1, -0.05) is 24.3 Å². The van der Waals surface area contributed by atoms with Crippen molar-refractivity contribution in [1.82, 2.24) is 0 Å². The van der Waals surface area contributed by atoms with Gasteiger partial charge in [-0.3, -0.25) is 9.69 Å². The molecule has 1 N–H and O–H groups in total. The molecule has 1 aliphatic rings. The third-order valence-electron chi connectivity index (χ3n) is 4.50. The van der Waals surface area contributed by atoms with Gasteiger partial charge in [-0.25, -0.2) is 4.79 Å². The second-order valence-corrected chi connectivity index (χ2v) is 6.61. The molecule has 2 aromatic carbocycles. The molecule has 3 rings (SSSR count). The number of carbonyl (C=O) groups is 2. The summed E-state index contributed by atoms with van der Waals surface area (Å²) in [4.78, 5) is 27.0. The Morgan fingerprint density at radius 2 is 1.83 bits per heavy atom. The van der Waals surface area contributed by atoms with E-state index in [0.29, 0.717) is 5.69 Å². The molecule has 0 saturated heterocycles. The average molecular weight is 404 g/mol. The molecule has 0 radical (unpaired) electrons. The zero-order chi connectivity index (χ0) is 21.2. The molecule has 1 amide bonds. The quantitative estimate of drug-likeness (QED) is 0.752. The van der Waals surface area contributed by atoms with Crippen LogP contribution in [-0.4, -0.2) is 24.0 Å². The number of esters is 1. The number of para-hydroxylation sites is 1. The highest BCUT2D eigenvalue weighted by molar-refractivity contribution is 6.16. The number of ether oxygens (including phenoxy) is 1. The van der Waals surface area contributed by atoms with Crippen molar-refractivity contribution in [3.63, 3.8) is 0 Å². The standard InChI is InChI=1S/C21H19F3N2O3/c1-3-29-19(28)20(2)13-17(18(27)26(20)16-10-5-4-6-11-16)25-15-9-7-8-14(12-15)21(22,23)24/h4-13,25H,3H2,1-2H3/t20-/m0/s1. The summed E-state index contributed by atoms with van der Waals surface area (Å²) < 4.78 is 44.1. The topological polar surface area (TPSA) is 58.6 Å². The summed E-state index contributed by atoms with van der Waals surface area (Å²) in [7, 11) is 0. The van der Waals surface area contributed by atoms with Crippen molar-refractivity contribution in [2.45, 2.75) is 25.6 Å². The van der Waals surface area contributed by atoms with Crippen LogP contribution in [0.4, 0.5) is 24.5 Å². The summed E-state index contributed by atoms with van der Waals surface area (Å²) in [6.07, 6.45) is -3.14. The highest BCUT2D eigenvalue weighted by Crippen LogP contribution is 2.36. The number of benzene rings is 2. The van der Waals surface area contributed by atoms with E-state index in [4.69, 9.17) is 4.74 Å². The third-order valence-corrected chi connectivity index (χ3v) is 4.50. The maximum Gasteiger partial charge on any atom is 0.416 e. The molecule has 1 heterocycles. The predicted molar refractivity (Wildman–Crippen MR) is 102 cm³/mol. The lowest BCUT2D eigenvalue weighted by molar-refractivity contribution is -0.147. The molecule has 2 aromatic rings. The van der Waals surface area contributed by atoms with E-state index in [1.54, 1.807) is 37.3 Å². The maximum absolute atomic E-state index is 13.1. The van der Waals surface area contributed by atoms with Crippen molar-refractivity contribution in [2.75, 3.05) is 16.8 Å². The first-order chi connectivity index (χ1) is 13.7. The summed E-state index contributed by atoms with van der Waals surface area (Å²) in [6, 6.07) is 13.0. The van der Waals surface area contributed by atoms with Crippen molar-refractivity contribution >= 4 is 23.3 Å². The van der Waals surface area contributed by atoms with Gasteiger partial charge in [0.25, 0.3) is 5.91 Å². The monoisotopic (exact) mass is 404 g/mol. The van der Waals surface area contributed by atoms with Gasteiger partial charge in [0.15, 0.2) is 5.54 Å². The minimum atomic E-state index is -4.51. The fourth-order valence-corrected chi connectivity index (χ4v) is 3.15. The lowest BCUT2D eigenvalue weighted by Crippen LogP contribution is -2.51. The van der Waals surface area contributed by atoms with Crippen LogP contribution in [0.25, 0.3) is 0 Å². The summed E-state index contributed by atoms with van der Waals surface area (Å²) in [5.74, 6) is -1.19. The number of alkyl halides is 3. The second kappa shape index (κ2) is 7.62. The smallest absolute Gasteiger partial charge is 0.416 e. The zero-order valence-electron chi connectivity index (χ0n) is 15.8. The Morgan fingerprint density at radius 1 is 1.14 bits per heavy atom. The largest absolute Gasteiger partial charge is 0.464 e. The summed E-state index contributed by atoms with van der Waals surface area (Å²) in [5.41, 5.74) is -1.76. The van der Waals surface area contributed by atoms with Crippen LogP contribution < -0.4 is 10.2 Å². The van der Waals surface area contributed by atoms with Gasteiger partial charge in [-0.15, -0.1) is 0 Å². The number of amides is 1. The number of nitrogens with one attached hydrogen (secondary N) is 1. The molecule has 0 aliphatic carbocycles. The van der Waals surface area contributed by atoms with E-state index < -0.39 is 29.2 Å². The first kappa shape index (κ1) is 20.4. The van der Waals surface area contributed by atoms with E-state index in [1.807, 2.05) is 0 Å². The Morgan fingerprint density at radius 3 is 2.45 bits per heavy atom. The van der Waals surface area contributed by atoms with E-state index in [9.17, 15) is 22.8 Å². The molecule has 152 valence electrons. The molecular weight excluding hydrogens is 385 g/mol. The van der Waals surface area contributed by atoms with E-state index in [1.165, 1.54) is 30.0 Å². The molecule has 0 unspecified atom stereocenters. The zero-order valence-corrected chi connectivity index (χ0v) is 15.8. The summed E-state index contributed by atoms with van der Waals surface area (Å²) in [5, 5.41) is 2.72. The lowest BCUT2D eigenvalue weighted by Gasteiger charge is -2.32. The number of anilines is 2. The Hall–Kier alpha value is -3.29. The molecule has 1 atom stereocenters. The summed E-state index contributed by atoms with van der Waals surface area (Å²) in [6.45, 7) is 3.29. The van der Waals surface area contributed by atoms with Crippen LogP contribution in [0.1, 0.15) is 19.4 Å². The minimum absolute atomic E-state index is 0.0104. The van der Waals surface area contributed by atoms with Gasteiger partial charge < -0.3 is 10.1 Å². The van der Waals surface area contributed by atoms with Gasteiger partial charge in [0, 0.05) is 11.4 Å². The first-order valence-electron chi connectivity index (χ1n) is 8.91. The fourth-order valence-electron chi connectivity index (χ4n) is 3.15. The predicted octanol–water partition coefficient (Wildman–Crippen LogP) is 4.37. The third kappa shape index (κ3) is 3.96. The Balaban J connectivity index is 1.99. The number of halogens is 3. The highest BCUT2D eigenvalue weighted by atomic mass is 19.4. The molecule has 0 spiro atoms. The SMILES string of the molecule is CCOC(=O)[C@]1(C)C=C(Nc2cccc(C(F)(F)F)c2)C(=O)N1c1ccccc1. The normalized spacial score (nSPS) is 19.1. The number of nitrogens with zero attached hydrogens (tertiary/aromatic N) is 1. The molecule has 0 saturated carbocycles. The van der Waals surface area contributed by atoms with Gasteiger partial charge in [-0.05, 0) is 50.3 Å². The Bertz CT molecular complexity index is 957. The van der Waals surface area contributed by atoms with Crippen molar-refractivity contribution < 1.29 is 27.5 Å². The van der Waals surface area contributed by atoms with Crippen molar-refractivity contribution in [1.29, 1.82) is 0 Å². The molecule has 29 heavy (non-hydrogen) atoms. The molecule has 1 aliphatic heterocycles. The van der Waals surface area contributed by atoms with Crippen LogP contribution in [0.15, 0.2) is 66.4 Å². The van der Waals surface area contributed by atoms with Crippen LogP contribution in [0.2, 0.25) is 0 Å². The Kier molecular flexibility index (Phi) is 5.37. The maximum atomic E-state index is 13.1. The minimum Gasteiger partial charge on any atom is -0.464 e. The van der Waals surface area contributed by atoms with Crippen molar-refractivity contribution in [3.8, 4) is 0 Å². The van der Waals surface area contributed by atoms with Crippen LogP contribution in [0, 0.1) is 0 Å². The van der Waals surface area contributed by atoms with Gasteiger partial charge in [-0.2, -0.15) is 13.2 Å². The first-order valence-corrected chi connectivity index (χ1v) is 8.91. The van der Waals surface area contributed by atoms with Gasteiger partial charge in [0.1, 0.15) is 5.70 Å². The van der Waals surface area contributed by atoms with Crippen LogP contribution in [0.3, 0.4) is 0 Å². The molecule has 8 heteroatoms. The van der Waals surface area contributed by atoms with Crippen molar-refractivity contribution in [2.24, 2.45) is 0 Å². The van der Waals surface area contributed by atoms with E-state index in [0.717, 1.165) is 12.1 Å². The molecule has 5 nitrogen and oxygen atoms in total. The Labute approximate surface area is 165 Å². The number of rotatable bonds is 5. The van der Waals surface area contributed by atoms with Crippen LogP contribution in [-0.2, 0) is 20.5 Å². The fraction of sp³-hybridized carbons (Fsp3) is 0.238. The van der Waals surface area contributed by atoms with Crippen LogP contribution >= 0.6 is 0 Å².